The highest BCUT2D eigenvalue weighted by Gasteiger charge is 2.12. The largest absolute Gasteiger partial charge is 0.480 e. The summed E-state index contributed by atoms with van der Waals surface area (Å²) in [5.41, 5.74) is 4.15. The van der Waals surface area contributed by atoms with Crippen LogP contribution in [0.4, 0.5) is 11.4 Å². The molecule has 0 aliphatic rings. The van der Waals surface area contributed by atoms with Crippen molar-refractivity contribution in [3.63, 3.8) is 0 Å². The molecule has 4 rings (SSSR count). The number of aromatic nitrogens is 3. The highest BCUT2D eigenvalue weighted by molar-refractivity contribution is 6.01. The Hall–Kier alpha value is -4.46. The molecule has 1 amide bonds. The Labute approximate surface area is 177 Å². The molecule has 0 aliphatic heterocycles. The number of anilines is 2. The van der Waals surface area contributed by atoms with Crippen LogP contribution in [-0.4, -0.2) is 38.7 Å². The number of nitrogens with one attached hydrogen (secondary N) is 3. The van der Waals surface area contributed by atoms with Gasteiger partial charge in [-0.25, -0.2) is 0 Å². The summed E-state index contributed by atoms with van der Waals surface area (Å²) in [6.45, 7) is -0.442. The Morgan fingerprint density at radius 3 is 2.68 bits per heavy atom. The van der Waals surface area contributed by atoms with Gasteiger partial charge in [-0.05, 0) is 54.6 Å². The molecule has 0 saturated heterocycles. The van der Waals surface area contributed by atoms with Crippen molar-refractivity contribution in [3.8, 4) is 0 Å². The number of aliphatic carboxylic acids is 1. The lowest BCUT2D eigenvalue weighted by Crippen LogP contribution is -2.29. The summed E-state index contributed by atoms with van der Waals surface area (Å²) in [5.74, 6) is -1.56. The number of amides is 1. The summed E-state index contributed by atoms with van der Waals surface area (Å²) in [7, 11) is 0. The molecule has 0 saturated carbocycles. The molecule has 0 bridgehead atoms. The first-order valence-corrected chi connectivity index (χ1v) is 9.53. The Morgan fingerprint density at radius 2 is 1.87 bits per heavy atom. The van der Waals surface area contributed by atoms with E-state index in [9.17, 15) is 9.59 Å². The Morgan fingerprint density at radius 1 is 1.03 bits per heavy atom. The zero-order chi connectivity index (χ0) is 21.6. The molecule has 0 atom stereocenters. The average Bonchev–Trinajstić information content (AvgIpc) is 3.19. The second-order valence-electron chi connectivity index (χ2n) is 6.70. The maximum atomic E-state index is 12.3. The van der Waals surface area contributed by atoms with Crippen molar-refractivity contribution >= 4 is 46.3 Å². The fraction of sp³-hybridized carbons (Fsp3) is 0.0435. The van der Waals surface area contributed by atoms with Crippen LogP contribution in [-0.2, 0) is 4.79 Å². The van der Waals surface area contributed by atoms with Crippen molar-refractivity contribution in [2.24, 2.45) is 0 Å². The zero-order valence-electron chi connectivity index (χ0n) is 16.4. The molecular weight excluding hydrogens is 394 g/mol. The monoisotopic (exact) mass is 413 g/mol. The van der Waals surface area contributed by atoms with Crippen molar-refractivity contribution in [3.05, 3.63) is 83.8 Å². The number of pyridine rings is 1. The molecule has 8 heteroatoms. The van der Waals surface area contributed by atoms with E-state index in [-0.39, 0.29) is 0 Å². The smallest absolute Gasteiger partial charge is 0.322 e. The Bertz CT molecular complexity index is 1260. The topological polar surface area (TPSA) is 120 Å². The molecule has 2 heterocycles. The number of carbonyl (C=O) groups excluding carboxylic acids is 1. The van der Waals surface area contributed by atoms with Gasteiger partial charge in [0.25, 0.3) is 5.91 Å². The van der Waals surface area contributed by atoms with Crippen molar-refractivity contribution in [2.45, 2.75) is 0 Å². The van der Waals surface area contributed by atoms with Gasteiger partial charge in [0, 0.05) is 17.3 Å². The first-order chi connectivity index (χ1) is 15.1. The Kier molecular flexibility index (Phi) is 5.70. The molecule has 0 spiro atoms. The van der Waals surface area contributed by atoms with E-state index < -0.39 is 18.4 Å². The maximum absolute atomic E-state index is 12.3. The predicted octanol–water partition coefficient (Wildman–Crippen LogP) is 3.69. The standard InChI is InChI=1S/C23H19N5O3/c29-22(30)14-25-23(31)18-6-1-2-7-19(18)26-16-8-10-17-20(27-28-21(17)13-16)11-9-15-5-3-4-12-24-15/h1-13,26H,14H2,(H,25,31)(H,27,28)(H,29,30)/b11-9+. The summed E-state index contributed by atoms with van der Waals surface area (Å²) >= 11 is 0. The van der Waals surface area contributed by atoms with Crippen LogP contribution in [0, 0.1) is 0 Å². The summed E-state index contributed by atoms with van der Waals surface area (Å²) < 4.78 is 0. The number of carboxylic acid groups (broad SMARTS) is 1. The zero-order valence-corrected chi connectivity index (χ0v) is 16.4. The van der Waals surface area contributed by atoms with Gasteiger partial charge in [-0.15, -0.1) is 0 Å². The average molecular weight is 413 g/mol. The SMILES string of the molecule is O=C(O)CNC(=O)c1ccccc1Nc1ccc2c(/C=C/c3ccccn3)n[nH]c2c1. The van der Waals surface area contributed by atoms with Crippen LogP contribution in [0.25, 0.3) is 23.1 Å². The van der Waals surface area contributed by atoms with Crippen molar-refractivity contribution in [1.29, 1.82) is 0 Å². The van der Waals surface area contributed by atoms with Gasteiger partial charge in [-0.1, -0.05) is 18.2 Å². The number of carbonyl (C=O) groups is 2. The molecule has 0 aliphatic carbocycles. The minimum absolute atomic E-state index is 0.354. The van der Waals surface area contributed by atoms with Crippen molar-refractivity contribution in [1.82, 2.24) is 20.5 Å². The highest BCUT2D eigenvalue weighted by Crippen LogP contribution is 2.26. The van der Waals surface area contributed by atoms with Gasteiger partial charge in [0.05, 0.1) is 28.2 Å². The molecule has 0 fully saturated rings. The minimum Gasteiger partial charge on any atom is -0.480 e. The van der Waals surface area contributed by atoms with Gasteiger partial charge in [-0.3, -0.25) is 19.7 Å². The number of para-hydroxylation sites is 1. The molecule has 4 aromatic rings. The molecular formula is C23H19N5O3. The third kappa shape index (κ3) is 4.76. The van der Waals surface area contributed by atoms with Gasteiger partial charge in [-0.2, -0.15) is 5.10 Å². The second-order valence-corrected chi connectivity index (χ2v) is 6.70. The van der Waals surface area contributed by atoms with E-state index in [2.05, 4.69) is 25.8 Å². The van der Waals surface area contributed by atoms with Crippen LogP contribution in [0.2, 0.25) is 0 Å². The van der Waals surface area contributed by atoms with Gasteiger partial charge < -0.3 is 15.7 Å². The van der Waals surface area contributed by atoms with Crippen LogP contribution in [0.3, 0.4) is 0 Å². The lowest BCUT2D eigenvalue weighted by Gasteiger charge is -2.12. The number of benzene rings is 2. The van der Waals surface area contributed by atoms with E-state index in [1.807, 2.05) is 48.6 Å². The van der Waals surface area contributed by atoms with Gasteiger partial charge >= 0.3 is 5.97 Å². The van der Waals surface area contributed by atoms with E-state index >= 15 is 0 Å². The normalized spacial score (nSPS) is 11.0. The second kappa shape index (κ2) is 8.91. The first-order valence-electron chi connectivity index (χ1n) is 9.53. The van der Waals surface area contributed by atoms with E-state index in [0.29, 0.717) is 11.3 Å². The number of hydrogen-bond acceptors (Lipinski definition) is 5. The summed E-state index contributed by atoms with van der Waals surface area (Å²) in [6, 6.07) is 18.3. The van der Waals surface area contributed by atoms with Gasteiger partial charge in [0.1, 0.15) is 6.54 Å². The number of rotatable bonds is 7. The van der Waals surface area contributed by atoms with Crippen LogP contribution in [0.5, 0.6) is 0 Å². The van der Waals surface area contributed by atoms with E-state index in [4.69, 9.17) is 5.11 Å². The quantitative estimate of drug-likeness (QED) is 0.367. The van der Waals surface area contributed by atoms with Crippen LogP contribution in [0.15, 0.2) is 66.9 Å². The van der Waals surface area contributed by atoms with Crippen LogP contribution < -0.4 is 10.6 Å². The fourth-order valence-electron chi connectivity index (χ4n) is 3.08. The molecule has 2 aromatic heterocycles. The Balaban J connectivity index is 1.55. The van der Waals surface area contributed by atoms with E-state index in [0.717, 1.165) is 28.0 Å². The molecule has 0 unspecified atom stereocenters. The third-order valence-corrected chi connectivity index (χ3v) is 4.54. The predicted molar refractivity (Wildman–Crippen MR) is 119 cm³/mol. The van der Waals surface area contributed by atoms with Crippen LogP contribution >= 0.6 is 0 Å². The van der Waals surface area contributed by atoms with Crippen LogP contribution in [0.1, 0.15) is 21.7 Å². The number of hydrogen-bond donors (Lipinski definition) is 4. The first kappa shape index (κ1) is 19.8. The highest BCUT2D eigenvalue weighted by atomic mass is 16.4. The fourth-order valence-corrected chi connectivity index (χ4v) is 3.08. The van der Waals surface area contributed by atoms with Gasteiger partial charge in [0.15, 0.2) is 0 Å². The summed E-state index contributed by atoms with van der Waals surface area (Å²) in [4.78, 5) is 27.3. The van der Waals surface area contributed by atoms with Gasteiger partial charge in [0.2, 0.25) is 0 Å². The number of nitrogens with zero attached hydrogens (tertiary/aromatic N) is 2. The molecule has 31 heavy (non-hydrogen) atoms. The number of carboxylic acids is 1. The number of aromatic amines is 1. The number of fused-ring (bicyclic) bond motifs is 1. The van der Waals surface area contributed by atoms with E-state index in [1.165, 1.54) is 0 Å². The third-order valence-electron chi connectivity index (χ3n) is 4.54. The van der Waals surface area contributed by atoms with E-state index in [1.54, 1.807) is 30.5 Å². The number of H-pyrrole nitrogens is 1. The van der Waals surface area contributed by atoms with Crippen molar-refractivity contribution < 1.29 is 14.7 Å². The summed E-state index contributed by atoms with van der Waals surface area (Å²) in [6.07, 6.45) is 5.53. The molecule has 4 N–H and O–H groups in total. The van der Waals surface area contributed by atoms with Crippen molar-refractivity contribution in [2.75, 3.05) is 11.9 Å². The lowest BCUT2D eigenvalue weighted by atomic mass is 10.1. The molecule has 154 valence electrons. The minimum atomic E-state index is -1.10. The lowest BCUT2D eigenvalue weighted by molar-refractivity contribution is -0.135. The maximum Gasteiger partial charge on any atom is 0.322 e. The molecule has 2 aromatic carbocycles. The summed E-state index contributed by atoms with van der Waals surface area (Å²) in [5, 5.41) is 22.7. The molecule has 8 nitrogen and oxygen atoms in total. The molecule has 0 radical (unpaired) electrons.